The fourth-order valence-corrected chi connectivity index (χ4v) is 5.22. The zero-order valence-electron chi connectivity index (χ0n) is 27.9. The minimum Gasteiger partial charge on any atom is -0.328 e. The van der Waals surface area contributed by atoms with E-state index >= 15 is 0 Å². The molecule has 4 heterocycles. The molecule has 0 aromatic carbocycles. The predicted octanol–water partition coefficient (Wildman–Crippen LogP) is 3.84. The van der Waals surface area contributed by atoms with Gasteiger partial charge in [0.25, 0.3) is 0 Å². The SMILES string of the molecule is CCN1CCCCN(CC)C1=O.CCN1CCCN(CC)C1=O.CN1CCCCN(C)C1=O.CN1CCCN(C)C1=O. The summed E-state index contributed by atoms with van der Waals surface area (Å²) in [4.78, 5) is 59.9. The molecule has 0 aromatic rings. The summed E-state index contributed by atoms with van der Waals surface area (Å²) in [6, 6.07) is 0.720. The second-order valence-electron chi connectivity index (χ2n) is 11.3. The average Bonchev–Trinajstić information content (AvgIpc) is 3.27. The van der Waals surface area contributed by atoms with Crippen LogP contribution in [-0.4, -0.2) is 170 Å². The first-order chi connectivity index (χ1) is 20.0. The molecule has 0 radical (unpaired) electrons. The molecule has 12 heteroatoms. The van der Waals surface area contributed by atoms with Crippen molar-refractivity contribution in [2.75, 3.05) is 107 Å². The lowest BCUT2D eigenvalue weighted by atomic mass is 10.3. The van der Waals surface area contributed by atoms with Gasteiger partial charge in [-0.1, -0.05) is 0 Å². The zero-order chi connectivity index (χ0) is 31.7. The summed E-state index contributed by atoms with van der Waals surface area (Å²) in [6.45, 7) is 18.9. The third-order valence-corrected chi connectivity index (χ3v) is 8.10. The van der Waals surface area contributed by atoms with Gasteiger partial charge in [0.1, 0.15) is 0 Å². The maximum absolute atomic E-state index is 11.7. The molecule has 0 aromatic heterocycles. The summed E-state index contributed by atoms with van der Waals surface area (Å²) in [5.74, 6) is 0. The number of hydrogen-bond acceptors (Lipinski definition) is 4. The molecule has 0 unspecified atom stereocenters. The van der Waals surface area contributed by atoms with Crippen LogP contribution < -0.4 is 0 Å². The van der Waals surface area contributed by atoms with Gasteiger partial charge in [-0.15, -0.1) is 0 Å². The second-order valence-corrected chi connectivity index (χ2v) is 11.3. The van der Waals surface area contributed by atoms with Crippen molar-refractivity contribution in [1.82, 2.24) is 39.2 Å². The first-order valence-electron chi connectivity index (χ1n) is 16.0. The van der Waals surface area contributed by atoms with E-state index in [9.17, 15) is 19.2 Å². The Hall–Kier alpha value is -2.92. The average molecular weight is 597 g/mol. The molecule has 0 atom stereocenters. The lowest BCUT2D eigenvalue weighted by Crippen LogP contribution is -2.48. The summed E-state index contributed by atoms with van der Waals surface area (Å²) in [5.41, 5.74) is 0. The molecule has 4 rings (SSSR count). The molecule has 0 N–H and O–H groups in total. The second kappa shape index (κ2) is 20.1. The predicted molar refractivity (Wildman–Crippen MR) is 169 cm³/mol. The summed E-state index contributed by atoms with van der Waals surface area (Å²) in [6.07, 6.45) is 6.78. The zero-order valence-corrected chi connectivity index (χ0v) is 27.9. The third kappa shape index (κ3) is 12.1. The van der Waals surface area contributed by atoms with Crippen LogP contribution in [0.1, 0.15) is 66.2 Å². The van der Waals surface area contributed by atoms with Crippen molar-refractivity contribution < 1.29 is 19.2 Å². The van der Waals surface area contributed by atoms with Crippen molar-refractivity contribution in [3.05, 3.63) is 0 Å². The molecule has 12 nitrogen and oxygen atoms in total. The maximum atomic E-state index is 11.7. The van der Waals surface area contributed by atoms with Gasteiger partial charge in [0.05, 0.1) is 0 Å². The molecule has 4 fully saturated rings. The third-order valence-electron chi connectivity index (χ3n) is 8.10. The maximum Gasteiger partial charge on any atom is 0.319 e. The minimum atomic E-state index is 0.140. The summed E-state index contributed by atoms with van der Waals surface area (Å²) in [5, 5.41) is 0. The molecule has 0 aliphatic carbocycles. The Kier molecular flexibility index (Phi) is 17.7. The monoisotopic (exact) mass is 596 g/mol. The van der Waals surface area contributed by atoms with E-state index in [0.717, 1.165) is 117 Å². The standard InChI is InChI=1S/C9H18N2O.C8H16N2O.C7H14N2O.C6H12N2O/c1-3-10-7-5-6-8-11(4-2)9(10)12;1-3-9-6-5-7-10(4-2)8(9)11;1-8-5-3-4-6-9(2)7(8)10;1-7-4-3-5-8(2)6(7)9/h3-8H2,1-2H3;3-7H2,1-2H3;3-6H2,1-2H3;3-5H2,1-2H3. The van der Waals surface area contributed by atoms with Crippen LogP contribution in [0.3, 0.4) is 0 Å². The number of hydrogen-bond donors (Lipinski definition) is 0. The van der Waals surface area contributed by atoms with Crippen LogP contribution in [0.25, 0.3) is 0 Å². The fourth-order valence-electron chi connectivity index (χ4n) is 5.22. The Morgan fingerprint density at radius 2 is 0.571 bits per heavy atom. The van der Waals surface area contributed by atoms with Gasteiger partial charge in [0.2, 0.25) is 0 Å². The molecule has 8 amide bonds. The highest BCUT2D eigenvalue weighted by Gasteiger charge is 2.23. The van der Waals surface area contributed by atoms with Crippen LogP contribution >= 0.6 is 0 Å². The molecule has 244 valence electrons. The molecule has 4 aliphatic rings. The van der Waals surface area contributed by atoms with E-state index < -0.39 is 0 Å². The Labute approximate surface area is 255 Å². The molecule has 4 aliphatic heterocycles. The summed E-state index contributed by atoms with van der Waals surface area (Å²) < 4.78 is 0. The van der Waals surface area contributed by atoms with Gasteiger partial charge in [0.15, 0.2) is 0 Å². The van der Waals surface area contributed by atoms with Crippen LogP contribution in [0.4, 0.5) is 19.2 Å². The van der Waals surface area contributed by atoms with Crippen LogP contribution in [0.15, 0.2) is 0 Å². The molecule has 4 saturated heterocycles. The number of carbonyl (C=O) groups is 4. The fraction of sp³-hybridized carbons (Fsp3) is 0.867. The first kappa shape index (κ1) is 37.1. The Bertz CT molecular complexity index is 773. The van der Waals surface area contributed by atoms with Crippen LogP contribution in [-0.2, 0) is 0 Å². The van der Waals surface area contributed by atoms with Crippen molar-refractivity contribution in [2.45, 2.75) is 66.2 Å². The van der Waals surface area contributed by atoms with Gasteiger partial charge in [-0.3, -0.25) is 0 Å². The minimum absolute atomic E-state index is 0.140. The van der Waals surface area contributed by atoms with Crippen molar-refractivity contribution in [3.8, 4) is 0 Å². The Morgan fingerprint density at radius 1 is 0.357 bits per heavy atom. The van der Waals surface area contributed by atoms with Gasteiger partial charge in [-0.2, -0.15) is 0 Å². The highest BCUT2D eigenvalue weighted by molar-refractivity contribution is 5.75. The quantitative estimate of drug-likeness (QED) is 0.493. The first-order valence-corrected chi connectivity index (χ1v) is 16.0. The molecule has 42 heavy (non-hydrogen) atoms. The lowest BCUT2D eigenvalue weighted by Gasteiger charge is -2.34. The molecule has 0 saturated carbocycles. The van der Waals surface area contributed by atoms with Gasteiger partial charge in [-0.05, 0) is 66.2 Å². The van der Waals surface area contributed by atoms with E-state index in [2.05, 4.69) is 0 Å². The normalized spacial score (nSPS) is 20.2. The molecule has 0 spiro atoms. The van der Waals surface area contributed by atoms with E-state index in [1.54, 1.807) is 19.6 Å². The van der Waals surface area contributed by atoms with Gasteiger partial charge >= 0.3 is 24.1 Å². The highest BCUT2D eigenvalue weighted by atomic mass is 16.2. The molecule has 0 bridgehead atoms. The lowest BCUT2D eigenvalue weighted by molar-refractivity contribution is 0.135. The molecular weight excluding hydrogens is 536 g/mol. The van der Waals surface area contributed by atoms with Crippen molar-refractivity contribution in [1.29, 1.82) is 0 Å². The number of amides is 8. The summed E-state index contributed by atoms with van der Waals surface area (Å²) in [7, 11) is 7.37. The molecular formula is C30H60N8O4. The van der Waals surface area contributed by atoms with E-state index in [1.807, 2.05) is 75.5 Å². The van der Waals surface area contributed by atoms with E-state index in [0.29, 0.717) is 0 Å². The van der Waals surface area contributed by atoms with Gasteiger partial charge in [0, 0.05) is 107 Å². The largest absolute Gasteiger partial charge is 0.328 e. The van der Waals surface area contributed by atoms with Gasteiger partial charge in [-0.25, -0.2) is 19.2 Å². The van der Waals surface area contributed by atoms with Crippen LogP contribution in [0, 0.1) is 0 Å². The van der Waals surface area contributed by atoms with Crippen molar-refractivity contribution in [2.24, 2.45) is 0 Å². The Morgan fingerprint density at radius 3 is 0.857 bits per heavy atom. The van der Waals surface area contributed by atoms with Crippen molar-refractivity contribution >= 4 is 24.1 Å². The van der Waals surface area contributed by atoms with E-state index in [4.69, 9.17) is 0 Å². The highest BCUT2D eigenvalue weighted by Crippen LogP contribution is 2.09. The number of urea groups is 4. The number of nitrogens with zero attached hydrogens (tertiary/aromatic N) is 8. The number of rotatable bonds is 4. The van der Waals surface area contributed by atoms with E-state index in [1.165, 1.54) is 0 Å². The van der Waals surface area contributed by atoms with Crippen molar-refractivity contribution in [3.63, 3.8) is 0 Å². The Balaban J connectivity index is 0.000000281. The topological polar surface area (TPSA) is 94.2 Å². The van der Waals surface area contributed by atoms with Crippen LogP contribution in [0.5, 0.6) is 0 Å². The smallest absolute Gasteiger partial charge is 0.319 e. The summed E-state index contributed by atoms with van der Waals surface area (Å²) >= 11 is 0. The number of carbonyl (C=O) groups excluding carboxylic acids is 4. The van der Waals surface area contributed by atoms with E-state index in [-0.39, 0.29) is 24.1 Å². The van der Waals surface area contributed by atoms with Gasteiger partial charge < -0.3 is 39.2 Å². The van der Waals surface area contributed by atoms with Crippen LogP contribution in [0.2, 0.25) is 0 Å².